The largest absolute Gasteiger partial charge is 0.481 e. The molecule has 1 aromatic heterocycles. The SMILES string of the molecule is O=C(O)CC1CN(Cc2ccco2)CC(=O)N1. The van der Waals surface area contributed by atoms with Gasteiger partial charge in [0.2, 0.25) is 5.91 Å². The molecule has 92 valence electrons. The third-order valence-corrected chi connectivity index (χ3v) is 2.59. The highest BCUT2D eigenvalue weighted by molar-refractivity contribution is 5.80. The van der Waals surface area contributed by atoms with Gasteiger partial charge in [0.1, 0.15) is 5.76 Å². The van der Waals surface area contributed by atoms with Crippen molar-refractivity contribution in [1.82, 2.24) is 10.2 Å². The van der Waals surface area contributed by atoms with Crippen molar-refractivity contribution < 1.29 is 19.1 Å². The normalized spacial score (nSPS) is 21.2. The lowest BCUT2D eigenvalue weighted by Gasteiger charge is -2.31. The van der Waals surface area contributed by atoms with Crippen LogP contribution in [0.1, 0.15) is 12.2 Å². The Balaban J connectivity index is 1.94. The molecule has 1 aliphatic heterocycles. The van der Waals surface area contributed by atoms with E-state index in [0.717, 1.165) is 5.76 Å². The Labute approximate surface area is 98.2 Å². The van der Waals surface area contributed by atoms with Crippen LogP contribution in [0.2, 0.25) is 0 Å². The molecule has 2 heterocycles. The fourth-order valence-corrected chi connectivity index (χ4v) is 1.97. The van der Waals surface area contributed by atoms with E-state index in [2.05, 4.69) is 5.32 Å². The summed E-state index contributed by atoms with van der Waals surface area (Å²) in [6, 6.07) is 3.29. The zero-order valence-electron chi connectivity index (χ0n) is 9.26. The van der Waals surface area contributed by atoms with Crippen LogP contribution in [0.25, 0.3) is 0 Å². The summed E-state index contributed by atoms with van der Waals surface area (Å²) < 4.78 is 5.20. The number of amides is 1. The average Bonchev–Trinajstić information content (AvgIpc) is 2.67. The number of piperazine rings is 1. The van der Waals surface area contributed by atoms with E-state index in [9.17, 15) is 9.59 Å². The third-order valence-electron chi connectivity index (χ3n) is 2.59. The first-order valence-corrected chi connectivity index (χ1v) is 5.39. The molecule has 2 N–H and O–H groups in total. The molecular weight excluding hydrogens is 224 g/mol. The summed E-state index contributed by atoms with van der Waals surface area (Å²) >= 11 is 0. The van der Waals surface area contributed by atoms with Crippen molar-refractivity contribution in [3.05, 3.63) is 24.2 Å². The molecule has 0 spiro atoms. The number of carbonyl (C=O) groups excluding carboxylic acids is 1. The Morgan fingerprint density at radius 1 is 1.65 bits per heavy atom. The zero-order valence-corrected chi connectivity index (χ0v) is 9.26. The summed E-state index contributed by atoms with van der Waals surface area (Å²) in [6.07, 6.45) is 1.52. The number of carboxylic acid groups (broad SMARTS) is 1. The minimum Gasteiger partial charge on any atom is -0.481 e. The summed E-state index contributed by atoms with van der Waals surface area (Å²) in [7, 11) is 0. The predicted molar refractivity (Wildman–Crippen MR) is 58.2 cm³/mol. The molecule has 1 unspecified atom stereocenters. The number of nitrogens with zero attached hydrogens (tertiary/aromatic N) is 1. The zero-order chi connectivity index (χ0) is 12.3. The maximum Gasteiger partial charge on any atom is 0.305 e. The van der Waals surface area contributed by atoms with Gasteiger partial charge in [-0.15, -0.1) is 0 Å². The van der Waals surface area contributed by atoms with Crippen molar-refractivity contribution in [3.8, 4) is 0 Å². The highest BCUT2D eigenvalue weighted by Crippen LogP contribution is 2.10. The first kappa shape index (κ1) is 11.7. The molecule has 2 rings (SSSR count). The van der Waals surface area contributed by atoms with Crippen LogP contribution in [0, 0.1) is 0 Å². The average molecular weight is 238 g/mol. The van der Waals surface area contributed by atoms with Gasteiger partial charge in [-0.3, -0.25) is 14.5 Å². The Morgan fingerprint density at radius 2 is 2.47 bits per heavy atom. The molecule has 1 saturated heterocycles. The van der Waals surface area contributed by atoms with Gasteiger partial charge in [0, 0.05) is 6.54 Å². The van der Waals surface area contributed by atoms with Crippen LogP contribution in [0.5, 0.6) is 0 Å². The van der Waals surface area contributed by atoms with E-state index in [0.29, 0.717) is 13.1 Å². The highest BCUT2D eigenvalue weighted by Gasteiger charge is 2.26. The van der Waals surface area contributed by atoms with E-state index < -0.39 is 5.97 Å². The minimum absolute atomic E-state index is 0.0552. The fraction of sp³-hybridized carbons (Fsp3) is 0.455. The van der Waals surface area contributed by atoms with Gasteiger partial charge in [-0.25, -0.2) is 0 Å². The lowest BCUT2D eigenvalue weighted by molar-refractivity contribution is -0.138. The highest BCUT2D eigenvalue weighted by atomic mass is 16.4. The van der Waals surface area contributed by atoms with Gasteiger partial charge in [-0.2, -0.15) is 0 Å². The number of aliphatic carboxylic acids is 1. The lowest BCUT2D eigenvalue weighted by Crippen LogP contribution is -2.54. The van der Waals surface area contributed by atoms with Crippen molar-refractivity contribution in [1.29, 1.82) is 0 Å². The number of rotatable bonds is 4. The topological polar surface area (TPSA) is 82.8 Å². The van der Waals surface area contributed by atoms with Gasteiger partial charge in [0.05, 0.1) is 31.8 Å². The molecule has 0 aromatic carbocycles. The molecule has 1 aliphatic rings. The van der Waals surface area contributed by atoms with E-state index in [1.165, 1.54) is 0 Å². The first-order valence-electron chi connectivity index (χ1n) is 5.39. The second kappa shape index (κ2) is 5.01. The number of carbonyl (C=O) groups is 2. The van der Waals surface area contributed by atoms with Gasteiger partial charge in [0.25, 0.3) is 0 Å². The van der Waals surface area contributed by atoms with Crippen LogP contribution >= 0.6 is 0 Å². The molecule has 6 nitrogen and oxygen atoms in total. The molecule has 0 bridgehead atoms. The second-order valence-corrected chi connectivity index (χ2v) is 4.11. The molecule has 1 aromatic rings. The van der Waals surface area contributed by atoms with Crippen LogP contribution in [0.4, 0.5) is 0 Å². The van der Waals surface area contributed by atoms with Gasteiger partial charge in [0.15, 0.2) is 0 Å². The molecule has 0 radical (unpaired) electrons. The minimum atomic E-state index is -0.907. The molecule has 1 fully saturated rings. The third kappa shape index (κ3) is 3.32. The first-order chi connectivity index (χ1) is 8.13. The Hall–Kier alpha value is -1.82. The van der Waals surface area contributed by atoms with Crippen LogP contribution < -0.4 is 5.32 Å². The van der Waals surface area contributed by atoms with Crippen LogP contribution in [0.15, 0.2) is 22.8 Å². The van der Waals surface area contributed by atoms with Crippen LogP contribution in [-0.4, -0.2) is 41.0 Å². The molecule has 1 amide bonds. The summed E-state index contributed by atoms with van der Waals surface area (Å²) in [4.78, 5) is 23.9. The van der Waals surface area contributed by atoms with Crippen molar-refractivity contribution >= 4 is 11.9 Å². The van der Waals surface area contributed by atoms with E-state index >= 15 is 0 Å². The Kier molecular flexibility index (Phi) is 3.43. The lowest BCUT2D eigenvalue weighted by atomic mass is 10.1. The van der Waals surface area contributed by atoms with Crippen molar-refractivity contribution in [2.45, 2.75) is 19.0 Å². The molecular formula is C11H14N2O4. The summed E-state index contributed by atoms with van der Waals surface area (Å²) in [5, 5.41) is 11.4. The molecule has 6 heteroatoms. The summed E-state index contributed by atoms with van der Waals surface area (Å²) in [5.74, 6) is -0.280. The maximum absolute atomic E-state index is 11.4. The van der Waals surface area contributed by atoms with E-state index in [1.807, 2.05) is 11.0 Å². The molecule has 0 aliphatic carbocycles. The Bertz CT molecular complexity index is 400. The van der Waals surface area contributed by atoms with Crippen molar-refractivity contribution in [2.24, 2.45) is 0 Å². The van der Waals surface area contributed by atoms with Crippen LogP contribution in [0.3, 0.4) is 0 Å². The van der Waals surface area contributed by atoms with Crippen LogP contribution in [-0.2, 0) is 16.1 Å². The van der Waals surface area contributed by atoms with E-state index in [1.54, 1.807) is 12.3 Å². The monoisotopic (exact) mass is 238 g/mol. The number of furan rings is 1. The smallest absolute Gasteiger partial charge is 0.305 e. The number of nitrogens with one attached hydrogen (secondary N) is 1. The molecule has 1 atom stereocenters. The number of hydrogen-bond donors (Lipinski definition) is 2. The van der Waals surface area contributed by atoms with Gasteiger partial charge in [-0.1, -0.05) is 0 Å². The van der Waals surface area contributed by atoms with Crippen molar-refractivity contribution in [3.63, 3.8) is 0 Å². The Morgan fingerprint density at radius 3 is 3.12 bits per heavy atom. The van der Waals surface area contributed by atoms with Gasteiger partial charge in [-0.05, 0) is 12.1 Å². The quantitative estimate of drug-likeness (QED) is 0.774. The van der Waals surface area contributed by atoms with Gasteiger partial charge < -0.3 is 14.8 Å². The molecule has 17 heavy (non-hydrogen) atoms. The van der Waals surface area contributed by atoms with Crippen molar-refractivity contribution in [2.75, 3.05) is 13.1 Å². The maximum atomic E-state index is 11.4. The second-order valence-electron chi connectivity index (χ2n) is 4.11. The standard InChI is InChI=1S/C11H14N2O4/c14-10-7-13(6-9-2-1-3-17-9)5-8(12-10)4-11(15)16/h1-3,8H,4-7H2,(H,12,14)(H,15,16). The fourth-order valence-electron chi connectivity index (χ4n) is 1.97. The van der Waals surface area contributed by atoms with E-state index in [-0.39, 0.29) is 24.9 Å². The number of carboxylic acids is 1. The summed E-state index contributed by atoms with van der Waals surface area (Å²) in [6.45, 7) is 1.33. The summed E-state index contributed by atoms with van der Waals surface area (Å²) in [5.41, 5.74) is 0. The number of hydrogen-bond acceptors (Lipinski definition) is 4. The van der Waals surface area contributed by atoms with Gasteiger partial charge >= 0.3 is 5.97 Å². The van der Waals surface area contributed by atoms with E-state index in [4.69, 9.17) is 9.52 Å². The predicted octanol–water partition coefficient (Wildman–Crippen LogP) is 0.0547. The molecule has 0 saturated carbocycles.